The van der Waals surface area contributed by atoms with Crippen molar-refractivity contribution in [2.75, 3.05) is 24.7 Å². The lowest BCUT2D eigenvalue weighted by Gasteiger charge is -2.14. The molecule has 0 spiro atoms. The number of anilines is 1. The Morgan fingerprint density at radius 2 is 2.04 bits per heavy atom. The van der Waals surface area contributed by atoms with Crippen molar-refractivity contribution in [3.8, 4) is 5.75 Å². The van der Waals surface area contributed by atoms with Gasteiger partial charge in [-0.25, -0.2) is 8.42 Å². The van der Waals surface area contributed by atoms with Gasteiger partial charge in [-0.2, -0.15) is 0 Å². The van der Waals surface area contributed by atoms with E-state index in [0.717, 1.165) is 28.6 Å². The Kier molecular flexibility index (Phi) is 4.47. The molecule has 1 saturated heterocycles. The maximum atomic E-state index is 12.6. The van der Waals surface area contributed by atoms with E-state index < -0.39 is 28.4 Å². The summed E-state index contributed by atoms with van der Waals surface area (Å²) in [5, 5.41) is 0. The number of thioether (sulfide) groups is 1. The summed E-state index contributed by atoms with van der Waals surface area (Å²) in [6.45, 7) is -0.481. The summed E-state index contributed by atoms with van der Waals surface area (Å²) in [6, 6.07) is 7.29. The smallest absolute Gasteiger partial charge is 0.272 e. The third-order valence-corrected chi connectivity index (χ3v) is 5.40. The van der Waals surface area contributed by atoms with Crippen molar-refractivity contribution in [2.24, 2.45) is 0 Å². The van der Waals surface area contributed by atoms with Crippen LogP contribution in [-0.2, 0) is 19.6 Å². The molecule has 1 fully saturated rings. The second-order valence-electron chi connectivity index (χ2n) is 5.32. The van der Waals surface area contributed by atoms with Gasteiger partial charge in [-0.15, -0.1) is 0 Å². The highest BCUT2D eigenvalue weighted by Gasteiger charge is 2.40. The topological polar surface area (TPSA) is 96.0 Å². The van der Waals surface area contributed by atoms with Crippen molar-refractivity contribution in [1.29, 1.82) is 0 Å². The zero-order valence-corrected chi connectivity index (χ0v) is 15.6. The van der Waals surface area contributed by atoms with Gasteiger partial charge in [-0.1, -0.05) is 24.4 Å². The number of carbonyl (C=O) groups excluding carboxylic acids is 2. The molecule has 8 nitrogen and oxygen atoms in total. The van der Waals surface area contributed by atoms with Crippen LogP contribution in [0.2, 0.25) is 0 Å². The number of carbonyl (C=O) groups is 2. The van der Waals surface area contributed by atoms with Crippen molar-refractivity contribution < 1.29 is 22.7 Å². The highest BCUT2D eigenvalue weighted by molar-refractivity contribution is 8.26. The molecular weight excluding hydrogens is 386 g/mol. The molecule has 1 N–H and O–H groups in total. The molecule has 0 unspecified atom stereocenters. The Morgan fingerprint density at radius 1 is 1.36 bits per heavy atom. The predicted molar refractivity (Wildman–Crippen MR) is 97.4 cm³/mol. The molecule has 1 aromatic carbocycles. The first kappa shape index (κ1) is 17.7. The van der Waals surface area contributed by atoms with Crippen molar-refractivity contribution in [3.63, 3.8) is 0 Å². The van der Waals surface area contributed by atoms with Crippen LogP contribution in [0.4, 0.5) is 5.69 Å². The van der Waals surface area contributed by atoms with Crippen molar-refractivity contribution in [1.82, 2.24) is 9.62 Å². The van der Waals surface area contributed by atoms with Crippen LogP contribution in [0.25, 0.3) is 0 Å². The number of amides is 2. The summed E-state index contributed by atoms with van der Waals surface area (Å²) in [6.07, 6.45) is 0.857. The Balaban J connectivity index is 1.84. The van der Waals surface area contributed by atoms with Crippen molar-refractivity contribution >= 4 is 55.8 Å². The number of ether oxygens (including phenoxy) is 1. The normalized spacial score (nSPS) is 19.9. The van der Waals surface area contributed by atoms with Gasteiger partial charge in [-0.3, -0.25) is 19.2 Å². The molecule has 0 aliphatic carbocycles. The van der Waals surface area contributed by atoms with Gasteiger partial charge < -0.3 is 9.64 Å². The van der Waals surface area contributed by atoms with Gasteiger partial charge in [0.1, 0.15) is 15.8 Å². The lowest BCUT2D eigenvalue weighted by Crippen LogP contribution is -2.41. The summed E-state index contributed by atoms with van der Waals surface area (Å²) in [5.74, 6) is -0.410. The summed E-state index contributed by atoms with van der Waals surface area (Å²) >= 11 is 6.15. The number of fused-ring (bicyclic) bond motifs is 1. The molecule has 132 valence electrons. The molecule has 0 radical (unpaired) electrons. The number of nitrogens with one attached hydrogen (secondary N) is 1. The molecule has 3 rings (SSSR count). The SMILES string of the molecule is CN1/C(=C2\SC(=S)N(CC(=O)NS(C)(=O)=O)C2=O)Oc2ccccc21. The summed E-state index contributed by atoms with van der Waals surface area (Å²) in [4.78, 5) is 27.4. The quantitative estimate of drug-likeness (QED) is 0.584. The van der Waals surface area contributed by atoms with Crippen LogP contribution < -0.4 is 14.4 Å². The van der Waals surface area contributed by atoms with Crippen LogP contribution in [0.15, 0.2) is 35.1 Å². The number of hydrogen-bond acceptors (Lipinski definition) is 8. The van der Waals surface area contributed by atoms with Crippen LogP contribution in [0.5, 0.6) is 5.75 Å². The van der Waals surface area contributed by atoms with E-state index in [-0.39, 0.29) is 9.23 Å². The zero-order chi connectivity index (χ0) is 18.4. The van der Waals surface area contributed by atoms with Crippen LogP contribution in [0.3, 0.4) is 0 Å². The van der Waals surface area contributed by atoms with E-state index >= 15 is 0 Å². The highest BCUT2D eigenvalue weighted by atomic mass is 32.2. The van der Waals surface area contributed by atoms with Gasteiger partial charge in [0.15, 0.2) is 5.75 Å². The van der Waals surface area contributed by atoms with Crippen LogP contribution >= 0.6 is 24.0 Å². The van der Waals surface area contributed by atoms with Crippen LogP contribution in [-0.4, -0.2) is 49.3 Å². The molecule has 1 aromatic rings. The molecule has 0 aromatic heterocycles. The third kappa shape index (κ3) is 3.48. The minimum atomic E-state index is -3.71. The molecule has 2 heterocycles. The van der Waals surface area contributed by atoms with E-state index in [1.165, 1.54) is 0 Å². The molecule has 11 heteroatoms. The first-order valence-electron chi connectivity index (χ1n) is 6.96. The van der Waals surface area contributed by atoms with E-state index in [2.05, 4.69) is 0 Å². The number of para-hydroxylation sites is 2. The summed E-state index contributed by atoms with van der Waals surface area (Å²) in [5.41, 5.74) is 0.803. The fourth-order valence-corrected chi connectivity index (χ4v) is 4.12. The third-order valence-electron chi connectivity index (χ3n) is 3.38. The molecule has 25 heavy (non-hydrogen) atoms. The standard InChI is InChI=1S/C14H13N3O5S3/c1-16-8-5-3-4-6-9(8)22-13(16)11-12(19)17(14(23)24-11)7-10(18)15-25(2,20)21/h3-6H,7H2,1-2H3,(H,15,18)/b13-11+. The lowest BCUT2D eigenvalue weighted by molar-refractivity contribution is -0.128. The zero-order valence-electron chi connectivity index (χ0n) is 13.2. The van der Waals surface area contributed by atoms with E-state index in [1.807, 2.05) is 22.9 Å². The first-order valence-corrected chi connectivity index (χ1v) is 10.1. The van der Waals surface area contributed by atoms with Gasteiger partial charge in [0.2, 0.25) is 15.9 Å². The predicted octanol–water partition coefficient (Wildman–Crippen LogP) is 0.620. The molecule has 0 bridgehead atoms. The number of sulfonamides is 1. The number of nitrogens with zero attached hydrogens (tertiary/aromatic N) is 2. The Hall–Kier alpha value is -2.11. The minimum Gasteiger partial charge on any atom is -0.437 e. The molecule has 2 amide bonds. The molecule has 0 saturated carbocycles. The molecular formula is C14H13N3O5S3. The Morgan fingerprint density at radius 3 is 2.68 bits per heavy atom. The van der Waals surface area contributed by atoms with E-state index in [1.54, 1.807) is 18.0 Å². The second-order valence-corrected chi connectivity index (χ2v) is 8.71. The second kappa shape index (κ2) is 6.32. The largest absolute Gasteiger partial charge is 0.437 e. The monoisotopic (exact) mass is 399 g/mol. The van der Waals surface area contributed by atoms with E-state index in [9.17, 15) is 18.0 Å². The van der Waals surface area contributed by atoms with Crippen LogP contribution in [0, 0.1) is 0 Å². The van der Waals surface area contributed by atoms with Gasteiger partial charge in [0.05, 0.1) is 11.9 Å². The highest BCUT2D eigenvalue weighted by Crippen LogP contribution is 2.43. The average Bonchev–Trinajstić information content (AvgIpc) is 2.98. The van der Waals surface area contributed by atoms with E-state index in [4.69, 9.17) is 17.0 Å². The summed E-state index contributed by atoms with van der Waals surface area (Å²) < 4.78 is 29.9. The van der Waals surface area contributed by atoms with Gasteiger partial charge in [0, 0.05) is 7.05 Å². The number of benzene rings is 1. The fourth-order valence-electron chi connectivity index (χ4n) is 2.35. The lowest BCUT2D eigenvalue weighted by atomic mass is 10.3. The molecule has 2 aliphatic rings. The Bertz CT molecular complexity index is 925. The number of hydrogen-bond donors (Lipinski definition) is 1. The van der Waals surface area contributed by atoms with Crippen LogP contribution in [0.1, 0.15) is 0 Å². The maximum absolute atomic E-state index is 12.6. The molecule has 2 aliphatic heterocycles. The number of thiocarbonyl (C=S) groups is 1. The average molecular weight is 399 g/mol. The first-order chi connectivity index (χ1) is 11.7. The minimum absolute atomic E-state index is 0.157. The van der Waals surface area contributed by atoms with E-state index in [0.29, 0.717) is 11.6 Å². The fraction of sp³-hybridized carbons (Fsp3) is 0.214. The van der Waals surface area contributed by atoms with Crippen molar-refractivity contribution in [3.05, 3.63) is 35.1 Å². The maximum Gasteiger partial charge on any atom is 0.272 e. The Labute approximate surface area is 153 Å². The molecule has 0 atom stereocenters. The van der Waals surface area contributed by atoms with Crippen molar-refractivity contribution in [2.45, 2.75) is 0 Å². The van der Waals surface area contributed by atoms with Gasteiger partial charge in [-0.05, 0) is 23.9 Å². The number of rotatable bonds is 3. The van der Waals surface area contributed by atoms with Gasteiger partial charge in [0.25, 0.3) is 11.8 Å². The van der Waals surface area contributed by atoms with Gasteiger partial charge >= 0.3 is 0 Å². The summed E-state index contributed by atoms with van der Waals surface area (Å²) in [7, 11) is -1.95.